The molecule has 1 atom stereocenters. The topological polar surface area (TPSA) is 24.9 Å². The molecule has 0 fully saturated rings. The van der Waals surface area contributed by atoms with Gasteiger partial charge in [0.2, 0.25) is 0 Å². The summed E-state index contributed by atoms with van der Waals surface area (Å²) in [5.74, 6) is 0. The third-order valence-electron chi connectivity index (χ3n) is 1.70. The molecule has 1 aromatic heterocycles. The molecule has 0 saturated carbocycles. The van der Waals surface area contributed by atoms with Crippen LogP contribution in [0.3, 0.4) is 0 Å². The van der Waals surface area contributed by atoms with Gasteiger partial charge in [-0.15, -0.1) is 0 Å². The van der Waals surface area contributed by atoms with Gasteiger partial charge in [0.1, 0.15) is 0 Å². The number of aromatic nitrogens is 1. The van der Waals surface area contributed by atoms with E-state index in [0.29, 0.717) is 6.04 Å². The summed E-state index contributed by atoms with van der Waals surface area (Å²) < 4.78 is 1.08. The molecular weight excluding hydrogens is 216 g/mol. The maximum absolute atomic E-state index is 4.27. The van der Waals surface area contributed by atoms with Crippen LogP contribution in [0.4, 0.5) is 0 Å². The Bertz CT molecular complexity index is 250. The number of hydrogen-bond donors (Lipinski definition) is 1. The molecule has 0 spiro atoms. The van der Waals surface area contributed by atoms with Crippen molar-refractivity contribution in [3.05, 3.63) is 28.5 Å². The normalized spacial score (nSPS) is 12.9. The van der Waals surface area contributed by atoms with Crippen molar-refractivity contribution < 1.29 is 0 Å². The molecule has 0 radical (unpaired) electrons. The first-order valence-electron chi connectivity index (χ1n) is 4.09. The first-order chi connectivity index (χ1) is 5.74. The Labute approximate surface area is 81.5 Å². The molecule has 0 unspecified atom stereocenters. The molecule has 1 aromatic rings. The van der Waals surface area contributed by atoms with Gasteiger partial charge in [-0.3, -0.25) is 4.98 Å². The maximum Gasteiger partial charge on any atom is 0.0581 e. The second-order valence-corrected chi connectivity index (χ2v) is 3.59. The maximum atomic E-state index is 4.27. The number of halogens is 1. The van der Waals surface area contributed by atoms with Gasteiger partial charge in [-0.25, -0.2) is 0 Å². The number of nitrogens with one attached hydrogen (secondary N) is 1. The number of pyridine rings is 1. The summed E-state index contributed by atoms with van der Waals surface area (Å²) in [4.78, 5) is 4.27. The minimum Gasteiger partial charge on any atom is -0.309 e. The van der Waals surface area contributed by atoms with Crippen LogP contribution in [0.1, 0.15) is 25.6 Å². The third kappa shape index (κ3) is 2.57. The third-order valence-corrected chi connectivity index (χ3v) is 2.19. The second kappa shape index (κ2) is 4.58. The fourth-order valence-electron chi connectivity index (χ4n) is 1.07. The molecule has 0 saturated heterocycles. The summed E-state index contributed by atoms with van der Waals surface area (Å²) in [6.07, 6.45) is 1.81. The van der Waals surface area contributed by atoms with E-state index in [1.165, 1.54) is 0 Å². The molecule has 0 bridgehead atoms. The van der Waals surface area contributed by atoms with Gasteiger partial charge < -0.3 is 5.32 Å². The van der Waals surface area contributed by atoms with Crippen molar-refractivity contribution in [1.82, 2.24) is 10.3 Å². The Morgan fingerprint density at radius 2 is 2.42 bits per heavy atom. The second-order valence-electron chi connectivity index (χ2n) is 2.68. The lowest BCUT2D eigenvalue weighted by Crippen LogP contribution is -2.18. The molecule has 1 N–H and O–H groups in total. The van der Waals surface area contributed by atoms with Crippen LogP contribution in [-0.4, -0.2) is 11.5 Å². The minimum atomic E-state index is 0.326. The van der Waals surface area contributed by atoms with E-state index >= 15 is 0 Å². The van der Waals surface area contributed by atoms with E-state index in [1.807, 2.05) is 18.3 Å². The molecule has 0 aliphatic carbocycles. The highest BCUT2D eigenvalue weighted by atomic mass is 79.9. The molecule has 66 valence electrons. The Hall–Kier alpha value is -0.410. The van der Waals surface area contributed by atoms with Crippen LogP contribution >= 0.6 is 15.9 Å². The molecule has 0 aliphatic heterocycles. The number of hydrogen-bond acceptors (Lipinski definition) is 2. The summed E-state index contributed by atoms with van der Waals surface area (Å²) in [7, 11) is 0. The summed E-state index contributed by atoms with van der Waals surface area (Å²) in [6, 6.07) is 4.29. The minimum absolute atomic E-state index is 0.326. The first-order valence-corrected chi connectivity index (χ1v) is 4.88. The lowest BCUT2D eigenvalue weighted by molar-refractivity contribution is 0.583. The van der Waals surface area contributed by atoms with Crippen molar-refractivity contribution in [3.63, 3.8) is 0 Å². The van der Waals surface area contributed by atoms with Crippen molar-refractivity contribution in [3.8, 4) is 0 Å². The highest BCUT2D eigenvalue weighted by molar-refractivity contribution is 9.10. The molecule has 0 aliphatic rings. The number of rotatable bonds is 3. The van der Waals surface area contributed by atoms with Gasteiger partial charge in [0.15, 0.2) is 0 Å². The molecule has 0 amide bonds. The number of nitrogens with zero attached hydrogens (tertiary/aromatic N) is 1. The lowest BCUT2D eigenvalue weighted by Gasteiger charge is -2.11. The zero-order valence-corrected chi connectivity index (χ0v) is 8.93. The zero-order chi connectivity index (χ0) is 8.97. The van der Waals surface area contributed by atoms with Gasteiger partial charge >= 0.3 is 0 Å². The van der Waals surface area contributed by atoms with Gasteiger partial charge in [-0.05, 0) is 25.6 Å². The van der Waals surface area contributed by atoms with Crippen molar-refractivity contribution in [2.75, 3.05) is 6.54 Å². The van der Waals surface area contributed by atoms with Crippen LogP contribution in [0.2, 0.25) is 0 Å². The average Bonchev–Trinajstić information content (AvgIpc) is 2.05. The first kappa shape index (κ1) is 9.68. The lowest BCUT2D eigenvalue weighted by atomic mass is 10.2. The molecular formula is C9H13BrN2. The fourth-order valence-corrected chi connectivity index (χ4v) is 1.42. The van der Waals surface area contributed by atoms with Gasteiger partial charge in [0, 0.05) is 16.7 Å². The monoisotopic (exact) mass is 228 g/mol. The van der Waals surface area contributed by atoms with Crippen LogP contribution in [0.5, 0.6) is 0 Å². The van der Waals surface area contributed by atoms with Crippen molar-refractivity contribution in [1.29, 1.82) is 0 Å². The van der Waals surface area contributed by atoms with Gasteiger partial charge in [0.25, 0.3) is 0 Å². The van der Waals surface area contributed by atoms with Crippen molar-refractivity contribution in [2.24, 2.45) is 0 Å². The fraction of sp³-hybridized carbons (Fsp3) is 0.444. The van der Waals surface area contributed by atoms with Crippen molar-refractivity contribution in [2.45, 2.75) is 19.9 Å². The summed E-state index contributed by atoms with van der Waals surface area (Å²) in [6.45, 7) is 5.17. The Balaban J connectivity index is 2.73. The van der Waals surface area contributed by atoms with E-state index in [1.54, 1.807) is 0 Å². The van der Waals surface area contributed by atoms with E-state index in [0.717, 1.165) is 16.7 Å². The van der Waals surface area contributed by atoms with Crippen LogP contribution in [0, 0.1) is 0 Å². The molecule has 12 heavy (non-hydrogen) atoms. The van der Waals surface area contributed by atoms with Crippen molar-refractivity contribution >= 4 is 15.9 Å². The SMILES string of the molecule is CCN[C@H](C)c1cc(Br)ccn1. The van der Waals surface area contributed by atoms with Crippen LogP contribution in [0.25, 0.3) is 0 Å². The van der Waals surface area contributed by atoms with E-state index < -0.39 is 0 Å². The molecule has 1 rings (SSSR count). The average molecular weight is 229 g/mol. The van der Waals surface area contributed by atoms with E-state index in [9.17, 15) is 0 Å². The van der Waals surface area contributed by atoms with Gasteiger partial charge in [0.05, 0.1) is 5.69 Å². The van der Waals surface area contributed by atoms with Gasteiger partial charge in [-0.1, -0.05) is 22.9 Å². The molecule has 1 heterocycles. The zero-order valence-electron chi connectivity index (χ0n) is 7.34. The summed E-state index contributed by atoms with van der Waals surface area (Å²) in [5.41, 5.74) is 1.08. The Kier molecular flexibility index (Phi) is 3.69. The largest absolute Gasteiger partial charge is 0.309 e. The quantitative estimate of drug-likeness (QED) is 0.861. The Morgan fingerprint density at radius 3 is 3.00 bits per heavy atom. The highest BCUT2D eigenvalue weighted by Crippen LogP contribution is 2.14. The van der Waals surface area contributed by atoms with E-state index in [2.05, 4.69) is 40.1 Å². The predicted octanol–water partition coefficient (Wildman–Crippen LogP) is 2.51. The Morgan fingerprint density at radius 1 is 1.67 bits per heavy atom. The molecule has 3 heteroatoms. The van der Waals surface area contributed by atoms with E-state index in [-0.39, 0.29) is 0 Å². The van der Waals surface area contributed by atoms with Gasteiger partial charge in [-0.2, -0.15) is 0 Å². The standard InChI is InChI=1S/C9H13BrN2/c1-3-11-7(2)9-6-8(10)4-5-12-9/h4-7,11H,3H2,1-2H3/t7-/m1/s1. The van der Waals surface area contributed by atoms with Crippen LogP contribution in [-0.2, 0) is 0 Å². The van der Waals surface area contributed by atoms with Crippen LogP contribution < -0.4 is 5.32 Å². The summed E-state index contributed by atoms with van der Waals surface area (Å²) in [5, 5.41) is 3.31. The summed E-state index contributed by atoms with van der Waals surface area (Å²) >= 11 is 3.41. The predicted molar refractivity (Wildman–Crippen MR) is 54.0 cm³/mol. The molecule has 0 aromatic carbocycles. The molecule has 2 nitrogen and oxygen atoms in total. The highest BCUT2D eigenvalue weighted by Gasteiger charge is 2.03. The van der Waals surface area contributed by atoms with E-state index in [4.69, 9.17) is 0 Å². The smallest absolute Gasteiger partial charge is 0.0581 e. The van der Waals surface area contributed by atoms with Crippen LogP contribution in [0.15, 0.2) is 22.8 Å².